The van der Waals surface area contributed by atoms with Crippen LogP contribution in [0.1, 0.15) is 24.1 Å². The molecule has 1 N–H and O–H groups in total. The van der Waals surface area contributed by atoms with Gasteiger partial charge in [0.15, 0.2) is 5.69 Å². The Hall–Kier alpha value is -3.11. The summed E-state index contributed by atoms with van der Waals surface area (Å²) in [5.41, 5.74) is 3.69. The second-order valence-electron chi connectivity index (χ2n) is 8.55. The first-order valence-electron chi connectivity index (χ1n) is 11.2. The number of ether oxygens (including phenoxy) is 1. The molecule has 0 unspecified atom stereocenters. The fourth-order valence-electron chi connectivity index (χ4n) is 4.20. The van der Waals surface area contributed by atoms with Crippen LogP contribution in [0.4, 0.5) is 15.8 Å². The lowest BCUT2D eigenvalue weighted by atomic mass is 10.0. The summed E-state index contributed by atoms with van der Waals surface area (Å²) in [5, 5.41) is 10.0. The van der Waals surface area contributed by atoms with E-state index < -0.39 is 6.10 Å². The van der Waals surface area contributed by atoms with Crippen molar-refractivity contribution in [3.8, 4) is 5.75 Å². The average Bonchev–Trinajstić information content (AvgIpc) is 2.84. The van der Waals surface area contributed by atoms with Gasteiger partial charge < -0.3 is 14.7 Å². The first-order valence-corrected chi connectivity index (χ1v) is 11.6. The molecule has 0 bridgehead atoms. The molecule has 1 fully saturated rings. The molecule has 5 nitrogen and oxygen atoms in total. The lowest BCUT2D eigenvalue weighted by molar-refractivity contribution is 0.123. The zero-order valence-electron chi connectivity index (χ0n) is 19.0. The monoisotopic (exact) mass is 479 g/mol. The van der Waals surface area contributed by atoms with Gasteiger partial charge in [0, 0.05) is 32.2 Å². The highest BCUT2D eigenvalue weighted by molar-refractivity contribution is 6.33. The summed E-state index contributed by atoms with van der Waals surface area (Å²) >= 11 is 6.67. The molecule has 0 aromatic heterocycles. The molecule has 0 saturated carbocycles. The van der Waals surface area contributed by atoms with Gasteiger partial charge in [-0.3, -0.25) is 4.90 Å². The van der Waals surface area contributed by atoms with Gasteiger partial charge >= 0.3 is 0 Å². The minimum absolute atomic E-state index is 0.0152. The second kappa shape index (κ2) is 10.9. The Morgan fingerprint density at radius 1 is 1.12 bits per heavy atom. The predicted octanol–water partition coefficient (Wildman–Crippen LogP) is 5.85. The van der Waals surface area contributed by atoms with E-state index in [9.17, 15) is 9.50 Å². The number of anilines is 1. The maximum atomic E-state index is 13.6. The lowest BCUT2D eigenvalue weighted by Gasteiger charge is -2.43. The maximum absolute atomic E-state index is 13.6. The van der Waals surface area contributed by atoms with Crippen LogP contribution in [0.3, 0.4) is 0 Å². The summed E-state index contributed by atoms with van der Waals surface area (Å²) < 4.78 is 19.2. The number of rotatable bonds is 7. The summed E-state index contributed by atoms with van der Waals surface area (Å²) in [6.07, 6.45) is -0.563. The molecule has 3 aromatic rings. The quantitative estimate of drug-likeness (QED) is 0.431. The van der Waals surface area contributed by atoms with Crippen LogP contribution in [0.25, 0.3) is 4.85 Å². The van der Waals surface area contributed by atoms with Gasteiger partial charge in [-0.25, -0.2) is 9.24 Å². The summed E-state index contributed by atoms with van der Waals surface area (Å²) in [4.78, 5) is 8.08. The van der Waals surface area contributed by atoms with Crippen molar-refractivity contribution in [1.29, 1.82) is 0 Å². The summed E-state index contributed by atoms with van der Waals surface area (Å²) in [7, 11) is 0. The standard InChI is InChI=1S/C27H27ClFN3O2/c1-19(33)18-34-24-11-12-26(25(28)15-24)32-14-13-31(16-20-3-9-23(30-2)10-4-20)17-27(32)21-5-7-22(29)8-6-21/h3-12,15,19,27,33H,13-14,16-18H2,1H3/t19-,27-/m0/s1. The molecule has 0 radical (unpaired) electrons. The van der Waals surface area contributed by atoms with Crippen molar-refractivity contribution in [2.45, 2.75) is 25.6 Å². The highest BCUT2D eigenvalue weighted by Crippen LogP contribution is 2.37. The maximum Gasteiger partial charge on any atom is 0.187 e. The minimum Gasteiger partial charge on any atom is -0.491 e. The van der Waals surface area contributed by atoms with Gasteiger partial charge in [0.25, 0.3) is 0 Å². The second-order valence-corrected chi connectivity index (χ2v) is 8.95. The Morgan fingerprint density at radius 2 is 1.85 bits per heavy atom. The summed E-state index contributed by atoms with van der Waals surface area (Å²) in [6, 6.07) is 19.9. The van der Waals surface area contributed by atoms with E-state index in [1.807, 2.05) is 48.5 Å². The van der Waals surface area contributed by atoms with Gasteiger partial charge in [0.05, 0.1) is 29.4 Å². The smallest absolute Gasteiger partial charge is 0.187 e. The molecule has 3 aromatic carbocycles. The van der Waals surface area contributed by atoms with Gasteiger partial charge in [0.1, 0.15) is 18.2 Å². The van der Waals surface area contributed by atoms with Crippen molar-refractivity contribution in [1.82, 2.24) is 4.90 Å². The van der Waals surface area contributed by atoms with Crippen LogP contribution in [0.2, 0.25) is 5.02 Å². The van der Waals surface area contributed by atoms with E-state index in [1.54, 1.807) is 13.0 Å². The first-order chi connectivity index (χ1) is 16.4. The van der Waals surface area contributed by atoms with E-state index in [0.29, 0.717) is 16.5 Å². The van der Waals surface area contributed by atoms with E-state index in [2.05, 4.69) is 14.6 Å². The number of hydrogen-bond donors (Lipinski definition) is 1. The average molecular weight is 480 g/mol. The lowest BCUT2D eigenvalue weighted by Crippen LogP contribution is -2.48. The highest BCUT2D eigenvalue weighted by Gasteiger charge is 2.30. The van der Waals surface area contributed by atoms with Crippen molar-refractivity contribution in [2.24, 2.45) is 0 Å². The van der Waals surface area contributed by atoms with E-state index in [4.69, 9.17) is 22.9 Å². The van der Waals surface area contributed by atoms with Crippen molar-refractivity contribution in [3.63, 3.8) is 0 Å². The van der Waals surface area contributed by atoms with Crippen LogP contribution < -0.4 is 9.64 Å². The largest absolute Gasteiger partial charge is 0.491 e. The number of benzene rings is 3. The van der Waals surface area contributed by atoms with Crippen LogP contribution in [0.15, 0.2) is 66.7 Å². The van der Waals surface area contributed by atoms with Crippen LogP contribution in [0.5, 0.6) is 5.75 Å². The molecule has 1 aliphatic rings. The number of halogens is 2. The zero-order valence-corrected chi connectivity index (χ0v) is 19.8. The van der Waals surface area contributed by atoms with Crippen molar-refractivity contribution in [3.05, 3.63) is 100 Å². The van der Waals surface area contributed by atoms with Crippen molar-refractivity contribution < 1.29 is 14.2 Å². The van der Waals surface area contributed by atoms with Crippen LogP contribution in [-0.4, -0.2) is 42.4 Å². The molecular weight excluding hydrogens is 453 g/mol. The number of hydrogen-bond acceptors (Lipinski definition) is 4. The van der Waals surface area contributed by atoms with E-state index in [1.165, 1.54) is 12.1 Å². The summed E-state index contributed by atoms with van der Waals surface area (Å²) in [6.45, 7) is 12.1. The van der Waals surface area contributed by atoms with E-state index >= 15 is 0 Å². The van der Waals surface area contributed by atoms with Crippen molar-refractivity contribution >= 4 is 23.0 Å². The molecule has 0 aliphatic carbocycles. The molecule has 0 amide bonds. The predicted molar refractivity (Wildman–Crippen MR) is 133 cm³/mol. The molecule has 2 atom stereocenters. The topological polar surface area (TPSA) is 40.3 Å². The number of nitrogens with zero attached hydrogens (tertiary/aromatic N) is 3. The highest BCUT2D eigenvalue weighted by atomic mass is 35.5. The Labute approximate surface area is 204 Å². The van der Waals surface area contributed by atoms with E-state index in [0.717, 1.165) is 43.0 Å². The number of piperazine rings is 1. The molecule has 34 heavy (non-hydrogen) atoms. The molecular formula is C27H27ClFN3O2. The Morgan fingerprint density at radius 3 is 2.50 bits per heavy atom. The Balaban J connectivity index is 1.57. The molecule has 7 heteroatoms. The number of aliphatic hydroxyl groups is 1. The van der Waals surface area contributed by atoms with Gasteiger partial charge in [-0.2, -0.15) is 0 Å². The first kappa shape index (κ1) is 24.0. The SMILES string of the molecule is [C-]#[N+]c1ccc(CN2CCN(c3ccc(OC[C@H](C)O)cc3Cl)[C@H](c3ccc(F)cc3)C2)cc1. The summed E-state index contributed by atoms with van der Waals surface area (Å²) in [5.74, 6) is 0.343. The zero-order chi connectivity index (χ0) is 24.1. The van der Waals surface area contributed by atoms with Gasteiger partial charge in [-0.15, -0.1) is 0 Å². The fraction of sp³-hybridized carbons (Fsp3) is 0.296. The van der Waals surface area contributed by atoms with Gasteiger partial charge in [0.2, 0.25) is 0 Å². The van der Waals surface area contributed by atoms with Crippen molar-refractivity contribution in [2.75, 3.05) is 31.1 Å². The third-order valence-electron chi connectivity index (χ3n) is 5.91. The Kier molecular flexibility index (Phi) is 7.69. The van der Waals surface area contributed by atoms with Gasteiger partial charge in [-0.05, 0) is 42.3 Å². The Bertz CT molecular complexity index is 1150. The third-order valence-corrected chi connectivity index (χ3v) is 6.21. The van der Waals surface area contributed by atoms with Crippen LogP contribution in [0, 0.1) is 12.4 Å². The van der Waals surface area contributed by atoms with Crippen LogP contribution in [-0.2, 0) is 6.54 Å². The van der Waals surface area contributed by atoms with E-state index in [-0.39, 0.29) is 18.5 Å². The molecule has 1 aliphatic heterocycles. The molecule has 1 heterocycles. The van der Waals surface area contributed by atoms with Crippen LogP contribution >= 0.6 is 11.6 Å². The molecule has 4 rings (SSSR count). The van der Waals surface area contributed by atoms with Gasteiger partial charge in [-0.1, -0.05) is 48.0 Å². The minimum atomic E-state index is -0.563. The third kappa shape index (κ3) is 5.87. The fourth-order valence-corrected chi connectivity index (χ4v) is 4.48. The normalized spacial score (nSPS) is 17.3. The molecule has 176 valence electrons. The molecule has 1 saturated heterocycles. The number of aliphatic hydroxyl groups excluding tert-OH is 1. The molecule has 0 spiro atoms.